The fourth-order valence-electron chi connectivity index (χ4n) is 2.69. The van der Waals surface area contributed by atoms with E-state index in [4.69, 9.17) is 0 Å². The van der Waals surface area contributed by atoms with E-state index in [1.807, 2.05) is 58.1 Å². The predicted molar refractivity (Wildman–Crippen MR) is 102 cm³/mol. The van der Waals surface area contributed by atoms with Crippen molar-refractivity contribution in [3.63, 3.8) is 0 Å². The first-order valence-electron chi connectivity index (χ1n) is 8.17. The molecular weight excluding hydrogens is 298 g/mol. The molecule has 4 heteroatoms. The Hall–Kier alpha value is -2.33. The Kier molecular flexibility index (Phi) is 5.99. The summed E-state index contributed by atoms with van der Waals surface area (Å²) in [5.74, 6) is 0.00761. The Morgan fingerprint density at radius 2 is 1.79 bits per heavy atom. The Balaban J connectivity index is 1.93. The summed E-state index contributed by atoms with van der Waals surface area (Å²) in [6.45, 7) is 5.16. The number of likely N-dealkylation sites (N-methyl/N-ethyl adjacent to an activating group) is 1. The maximum Gasteiger partial charge on any atom is 0.238 e. The lowest BCUT2D eigenvalue weighted by Gasteiger charge is -2.19. The van der Waals surface area contributed by atoms with Crippen molar-refractivity contribution in [3.05, 3.63) is 59.2 Å². The third kappa shape index (κ3) is 5.10. The number of hydrogen-bond donors (Lipinski definition) is 1. The minimum Gasteiger partial charge on any atom is -0.378 e. The minimum atomic E-state index is 0.00761. The lowest BCUT2D eigenvalue weighted by molar-refractivity contribution is -0.117. The third-order valence-corrected chi connectivity index (χ3v) is 3.95. The monoisotopic (exact) mass is 325 g/mol. The maximum absolute atomic E-state index is 12.3. The van der Waals surface area contributed by atoms with Crippen molar-refractivity contribution in [2.75, 3.05) is 37.9 Å². The molecule has 2 aromatic carbocycles. The van der Waals surface area contributed by atoms with Crippen molar-refractivity contribution in [1.82, 2.24) is 4.90 Å². The van der Waals surface area contributed by atoms with Crippen molar-refractivity contribution < 1.29 is 4.79 Å². The van der Waals surface area contributed by atoms with Gasteiger partial charge in [0.05, 0.1) is 6.54 Å². The van der Waals surface area contributed by atoms with Crippen molar-refractivity contribution in [3.8, 4) is 0 Å². The van der Waals surface area contributed by atoms with Crippen LogP contribution in [0.15, 0.2) is 42.5 Å². The molecule has 2 aromatic rings. The van der Waals surface area contributed by atoms with Crippen LogP contribution in [0.4, 0.5) is 11.4 Å². The summed E-state index contributed by atoms with van der Waals surface area (Å²) in [7, 11) is 6.02. The van der Waals surface area contributed by atoms with E-state index in [-0.39, 0.29) is 5.91 Å². The first-order chi connectivity index (χ1) is 11.3. The van der Waals surface area contributed by atoms with Crippen molar-refractivity contribution >= 4 is 17.3 Å². The first kappa shape index (κ1) is 18.0. The number of nitrogens with one attached hydrogen (secondary N) is 1. The van der Waals surface area contributed by atoms with E-state index in [2.05, 4.69) is 34.5 Å². The van der Waals surface area contributed by atoms with Gasteiger partial charge in [-0.2, -0.15) is 0 Å². The van der Waals surface area contributed by atoms with Crippen LogP contribution in [0.1, 0.15) is 16.7 Å². The zero-order valence-corrected chi connectivity index (χ0v) is 15.3. The SMILES string of the molecule is Cc1ccc(NC(=O)CN(C)Cc2cccc(N(C)C)c2)c(C)c1. The maximum atomic E-state index is 12.3. The van der Waals surface area contributed by atoms with Crippen LogP contribution in [0.2, 0.25) is 0 Å². The molecule has 0 aromatic heterocycles. The van der Waals surface area contributed by atoms with Gasteiger partial charge in [-0.15, -0.1) is 0 Å². The second-order valence-electron chi connectivity index (χ2n) is 6.60. The van der Waals surface area contributed by atoms with E-state index in [1.165, 1.54) is 16.8 Å². The molecule has 0 bridgehead atoms. The molecular formula is C20H27N3O. The summed E-state index contributed by atoms with van der Waals surface area (Å²) >= 11 is 0. The van der Waals surface area contributed by atoms with Gasteiger partial charge in [0.1, 0.15) is 0 Å². The van der Waals surface area contributed by atoms with Crippen LogP contribution in [-0.4, -0.2) is 38.5 Å². The first-order valence-corrected chi connectivity index (χ1v) is 8.17. The molecule has 0 heterocycles. The summed E-state index contributed by atoms with van der Waals surface area (Å²) in [6.07, 6.45) is 0. The molecule has 0 aliphatic carbocycles. The molecule has 0 atom stereocenters. The summed E-state index contributed by atoms with van der Waals surface area (Å²) < 4.78 is 0. The molecule has 0 aliphatic heterocycles. The molecule has 2 rings (SSSR count). The highest BCUT2D eigenvalue weighted by Gasteiger charge is 2.09. The number of hydrogen-bond acceptors (Lipinski definition) is 3. The van der Waals surface area contributed by atoms with E-state index in [0.717, 1.165) is 17.8 Å². The second-order valence-corrected chi connectivity index (χ2v) is 6.60. The van der Waals surface area contributed by atoms with Gasteiger partial charge in [-0.1, -0.05) is 29.8 Å². The molecule has 0 saturated carbocycles. The Morgan fingerprint density at radius 1 is 1.04 bits per heavy atom. The highest BCUT2D eigenvalue weighted by atomic mass is 16.2. The number of carbonyl (C=O) groups excluding carboxylic acids is 1. The Morgan fingerprint density at radius 3 is 2.46 bits per heavy atom. The average Bonchev–Trinajstić information content (AvgIpc) is 2.50. The van der Waals surface area contributed by atoms with Crippen molar-refractivity contribution in [2.45, 2.75) is 20.4 Å². The van der Waals surface area contributed by atoms with Gasteiger partial charge in [0.2, 0.25) is 5.91 Å². The lowest BCUT2D eigenvalue weighted by atomic mass is 10.1. The molecule has 0 fully saturated rings. The number of rotatable bonds is 6. The van der Waals surface area contributed by atoms with Gasteiger partial charge in [-0.05, 0) is 50.2 Å². The van der Waals surface area contributed by atoms with Crippen LogP contribution < -0.4 is 10.2 Å². The second kappa shape index (κ2) is 7.97. The summed E-state index contributed by atoms with van der Waals surface area (Å²) in [4.78, 5) is 16.4. The van der Waals surface area contributed by atoms with E-state index < -0.39 is 0 Å². The van der Waals surface area contributed by atoms with Crippen LogP contribution in [0.5, 0.6) is 0 Å². The van der Waals surface area contributed by atoms with Gasteiger partial charge in [-0.25, -0.2) is 0 Å². The van der Waals surface area contributed by atoms with E-state index in [1.54, 1.807) is 0 Å². The van der Waals surface area contributed by atoms with E-state index >= 15 is 0 Å². The van der Waals surface area contributed by atoms with Crippen LogP contribution in [0.25, 0.3) is 0 Å². The van der Waals surface area contributed by atoms with Gasteiger partial charge >= 0.3 is 0 Å². The van der Waals surface area contributed by atoms with Gasteiger partial charge < -0.3 is 10.2 Å². The van der Waals surface area contributed by atoms with Crippen molar-refractivity contribution in [1.29, 1.82) is 0 Å². The summed E-state index contributed by atoms with van der Waals surface area (Å²) in [6, 6.07) is 14.4. The fraction of sp³-hybridized carbons (Fsp3) is 0.350. The third-order valence-electron chi connectivity index (χ3n) is 3.95. The molecule has 0 radical (unpaired) electrons. The molecule has 0 spiro atoms. The summed E-state index contributed by atoms with van der Waals surface area (Å²) in [5.41, 5.74) is 5.53. The van der Waals surface area contributed by atoms with Gasteiger partial charge in [0, 0.05) is 32.0 Å². The average molecular weight is 325 g/mol. The number of anilines is 2. The predicted octanol–water partition coefficient (Wildman–Crippen LogP) is 3.44. The Labute approximate surface area is 145 Å². The van der Waals surface area contributed by atoms with Gasteiger partial charge in [0.15, 0.2) is 0 Å². The highest BCUT2D eigenvalue weighted by molar-refractivity contribution is 5.92. The quantitative estimate of drug-likeness (QED) is 0.884. The van der Waals surface area contributed by atoms with Crippen LogP contribution in [0.3, 0.4) is 0 Å². The zero-order chi connectivity index (χ0) is 17.7. The molecule has 24 heavy (non-hydrogen) atoms. The standard InChI is InChI=1S/C20H27N3O/c1-15-9-10-19(16(2)11-15)21-20(24)14-23(5)13-17-7-6-8-18(12-17)22(3)4/h6-12H,13-14H2,1-5H3,(H,21,24). The number of benzene rings is 2. The minimum absolute atomic E-state index is 0.00761. The molecule has 128 valence electrons. The van der Waals surface area contributed by atoms with Gasteiger partial charge in [-0.3, -0.25) is 9.69 Å². The fourth-order valence-corrected chi connectivity index (χ4v) is 2.69. The zero-order valence-electron chi connectivity index (χ0n) is 15.3. The summed E-state index contributed by atoms with van der Waals surface area (Å²) in [5, 5.41) is 2.99. The topological polar surface area (TPSA) is 35.6 Å². The number of carbonyl (C=O) groups is 1. The number of amides is 1. The van der Waals surface area contributed by atoms with Crippen LogP contribution in [0, 0.1) is 13.8 Å². The van der Waals surface area contributed by atoms with Crippen LogP contribution in [-0.2, 0) is 11.3 Å². The smallest absolute Gasteiger partial charge is 0.238 e. The number of nitrogens with zero attached hydrogens (tertiary/aromatic N) is 2. The van der Waals surface area contributed by atoms with E-state index in [0.29, 0.717) is 6.54 Å². The molecule has 0 unspecified atom stereocenters. The molecule has 0 saturated heterocycles. The molecule has 1 N–H and O–H groups in total. The Bertz CT molecular complexity index is 710. The molecule has 0 aliphatic rings. The van der Waals surface area contributed by atoms with E-state index in [9.17, 15) is 4.79 Å². The van der Waals surface area contributed by atoms with Crippen molar-refractivity contribution in [2.24, 2.45) is 0 Å². The highest BCUT2D eigenvalue weighted by Crippen LogP contribution is 2.17. The molecule has 4 nitrogen and oxygen atoms in total. The normalized spacial score (nSPS) is 10.8. The van der Waals surface area contributed by atoms with Crippen LogP contribution >= 0.6 is 0 Å². The largest absolute Gasteiger partial charge is 0.378 e. The van der Waals surface area contributed by atoms with Gasteiger partial charge in [0.25, 0.3) is 0 Å². The lowest BCUT2D eigenvalue weighted by Crippen LogP contribution is -2.30. The molecule has 1 amide bonds. The number of aryl methyl sites for hydroxylation is 2.